The molecule has 0 aliphatic rings. The number of hydrogen-bond acceptors (Lipinski definition) is 4. The zero-order chi connectivity index (χ0) is 10.1. The van der Waals surface area contributed by atoms with E-state index in [1.807, 2.05) is 0 Å². The Morgan fingerprint density at radius 1 is 1.27 bits per heavy atom. The zero-order valence-electron chi connectivity index (χ0n) is 7.99. The Labute approximate surface area is 128 Å². The molecule has 0 bridgehead atoms. The Hall–Kier alpha value is 0.521. The largest absolute Gasteiger partial charge is 1.00 e. The molecule has 0 aromatic carbocycles. The summed E-state index contributed by atoms with van der Waals surface area (Å²) in [6.07, 6.45) is 2.51. The molecule has 0 aliphatic heterocycles. The molecule has 0 unspecified atom stereocenters. The Bertz CT molecular complexity index is 399. The van der Waals surface area contributed by atoms with Crippen LogP contribution < -0.4 is 61.6 Å². The molecule has 4 nitrogen and oxygen atoms in total. The van der Waals surface area contributed by atoms with Crippen LogP contribution >= 0.6 is 0 Å². The molecule has 1 aromatic heterocycles. The van der Waals surface area contributed by atoms with Gasteiger partial charge in [-0.1, -0.05) is 0 Å². The predicted molar refractivity (Wildman–Crippen MR) is 42.7 cm³/mol. The predicted octanol–water partition coefficient (Wildman–Crippen LogP) is -6.48. The van der Waals surface area contributed by atoms with Gasteiger partial charge in [0, 0.05) is 24.1 Å². The first kappa shape index (κ1) is 17.9. The van der Waals surface area contributed by atoms with Crippen LogP contribution in [0.2, 0.25) is 0 Å². The fraction of sp³-hybridized carbons (Fsp3) is 0.200. The van der Waals surface area contributed by atoms with Crippen molar-refractivity contribution in [2.75, 3.05) is 6.26 Å². The molecule has 15 heavy (non-hydrogen) atoms. The zero-order valence-corrected chi connectivity index (χ0v) is 11.9. The van der Waals surface area contributed by atoms with E-state index in [1.54, 1.807) is 0 Å². The maximum atomic E-state index is 12.0. The number of halogens is 3. The van der Waals surface area contributed by atoms with Crippen molar-refractivity contribution in [2.24, 2.45) is 0 Å². The smallest absolute Gasteiger partial charge is 1.00 e. The second-order valence-corrected chi connectivity index (χ2v) is 4.28. The fourth-order valence-corrected chi connectivity index (χ4v) is 1.12. The average Bonchev–Trinajstić information content (AvgIpc) is 2.03. The van der Waals surface area contributed by atoms with Crippen molar-refractivity contribution < 1.29 is 73.1 Å². The molecular formula is C5H5BF3KN2O2S. The molecule has 0 fully saturated rings. The fourth-order valence-electron chi connectivity index (χ4n) is 0.630. The summed E-state index contributed by atoms with van der Waals surface area (Å²) in [6, 6.07) is 0. The van der Waals surface area contributed by atoms with Crippen LogP contribution in [0, 0.1) is 0 Å². The summed E-state index contributed by atoms with van der Waals surface area (Å²) in [6.45, 7) is 0. The quantitative estimate of drug-likeness (QED) is 0.394. The summed E-state index contributed by atoms with van der Waals surface area (Å²) < 4.78 is 45.5. The van der Waals surface area contributed by atoms with Crippen LogP contribution in [-0.4, -0.2) is 31.9 Å². The summed E-state index contributed by atoms with van der Waals surface area (Å²) in [7, 11) is -6.20. The third-order valence-corrected chi connectivity index (χ3v) is 2.11. The minimum absolute atomic E-state index is 0. The van der Waals surface area contributed by atoms with Crippen LogP contribution in [0.3, 0.4) is 0 Å². The standard InChI is InChI=1S/C5H5BF2N2O2S.FH.K/c1-13(11,12)5-9-2-4(3-10-5)6(7)8;;/h2-3H,1H3;1H;/q;;+1/p-1. The Morgan fingerprint density at radius 2 is 1.67 bits per heavy atom. The monoisotopic (exact) mass is 264 g/mol. The summed E-state index contributed by atoms with van der Waals surface area (Å²) in [5.74, 6) is 0. The third-order valence-electron chi connectivity index (χ3n) is 1.23. The minimum atomic E-state index is -3.51. The van der Waals surface area contributed by atoms with E-state index >= 15 is 0 Å². The molecule has 0 atom stereocenters. The van der Waals surface area contributed by atoms with Gasteiger partial charge in [0.1, 0.15) is 0 Å². The van der Waals surface area contributed by atoms with Crippen molar-refractivity contribution >= 4 is 22.6 Å². The number of hydrogen-bond donors (Lipinski definition) is 0. The van der Waals surface area contributed by atoms with Crippen LogP contribution in [0.15, 0.2) is 17.6 Å². The van der Waals surface area contributed by atoms with Crippen molar-refractivity contribution in [3.63, 3.8) is 0 Å². The minimum Gasteiger partial charge on any atom is -1.00 e. The first-order chi connectivity index (χ1) is 5.91. The van der Waals surface area contributed by atoms with Gasteiger partial charge in [0.05, 0.1) is 0 Å². The van der Waals surface area contributed by atoms with Crippen molar-refractivity contribution in [3.8, 4) is 0 Å². The van der Waals surface area contributed by atoms with E-state index in [2.05, 4.69) is 9.97 Å². The summed E-state index contributed by atoms with van der Waals surface area (Å²) in [5.41, 5.74) is -0.396. The van der Waals surface area contributed by atoms with Gasteiger partial charge in [0.15, 0.2) is 0 Å². The number of sulfone groups is 1. The summed E-state index contributed by atoms with van der Waals surface area (Å²) in [5, 5.41) is -0.447. The number of nitrogens with zero attached hydrogens (tertiary/aromatic N) is 2. The van der Waals surface area contributed by atoms with Crippen molar-refractivity contribution in [2.45, 2.75) is 5.16 Å². The Kier molecular flexibility index (Phi) is 8.31. The topological polar surface area (TPSA) is 59.9 Å². The van der Waals surface area contributed by atoms with E-state index < -0.39 is 27.7 Å². The Balaban J connectivity index is 0. The number of rotatable bonds is 2. The van der Waals surface area contributed by atoms with Crippen molar-refractivity contribution in [1.82, 2.24) is 9.97 Å². The molecule has 1 rings (SSSR count). The Morgan fingerprint density at radius 3 is 1.93 bits per heavy atom. The summed E-state index contributed by atoms with van der Waals surface area (Å²) in [4.78, 5) is 6.58. The second-order valence-electron chi connectivity index (χ2n) is 2.37. The molecule has 0 aliphatic carbocycles. The molecule has 0 saturated heterocycles. The number of aromatic nitrogens is 2. The molecule has 0 N–H and O–H groups in total. The van der Waals surface area contributed by atoms with Crippen LogP contribution in [-0.2, 0) is 9.84 Å². The van der Waals surface area contributed by atoms with E-state index in [-0.39, 0.29) is 56.1 Å². The maximum absolute atomic E-state index is 12.0. The van der Waals surface area contributed by atoms with Gasteiger partial charge in [-0.25, -0.2) is 18.4 Å². The van der Waals surface area contributed by atoms with Gasteiger partial charge < -0.3 is 4.70 Å². The molecule has 0 amide bonds. The molecule has 0 saturated carbocycles. The van der Waals surface area contributed by atoms with Gasteiger partial charge in [0.2, 0.25) is 15.0 Å². The molecule has 1 aromatic rings. The van der Waals surface area contributed by atoms with Gasteiger partial charge in [-0.15, -0.1) is 0 Å². The summed E-state index contributed by atoms with van der Waals surface area (Å²) >= 11 is 0. The molecular weight excluding hydrogens is 259 g/mol. The van der Waals surface area contributed by atoms with Gasteiger partial charge >= 0.3 is 58.7 Å². The SMILES string of the molecule is CS(=O)(=O)c1ncc(B(F)F)cn1.[F-].[K+]. The van der Waals surface area contributed by atoms with Crippen LogP contribution in [0.1, 0.15) is 0 Å². The van der Waals surface area contributed by atoms with Crippen LogP contribution in [0.4, 0.5) is 8.63 Å². The molecule has 0 spiro atoms. The average molecular weight is 264 g/mol. The van der Waals surface area contributed by atoms with Gasteiger partial charge in [-0.2, -0.15) is 0 Å². The van der Waals surface area contributed by atoms with E-state index in [0.717, 1.165) is 18.6 Å². The first-order valence-electron chi connectivity index (χ1n) is 3.21. The van der Waals surface area contributed by atoms with Gasteiger partial charge in [-0.05, 0) is 0 Å². The second kappa shape index (κ2) is 6.97. The van der Waals surface area contributed by atoms with E-state index in [1.165, 1.54) is 0 Å². The van der Waals surface area contributed by atoms with Gasteiger partial charge in [-0.3, -0.25) is 8.63 Å². The molecule has 1 heterocycles. The molecule has 0 radical (unpaired) electrons. The van der Waals surface area contributed by atoms with Crippen LogP contribution in [0.25, 0.3) is 0 Å². The first-order valence-corrected chi connectivity index (χ1v) is 5.10. The van der Waals surface area contributed by atoms with E-state index in [0.29, 0.717) is 0 Å². The molecule has 78 valence electrons. The molecule has 10 heteroatoms. The van der Waals surface area contributed by atoms with Crippen molar-refractivity contribution in [3.05, 3.63) is 12.4 Å². The van der Waals surface area contributed by atoms with E-state index in [9.17, 15) is 17.0 Å². The normalized spacial score (nSPS) is 9.80. The van der Waals surface area contributed by atoms with E-state index in [4.69, 9.17) is 0 Å². The third kappa shape index (κ3) is 5.41. The van der Waals surface area contributed by atoms with Crippen molar-refractivity contribution in [1.29, 1.82) is 0 Å². The van der Waals surface area contributed by atoms with Crippen LogP contribution in [0.5, 0.6) is 0 Å². The maximum Gasteiger partial charge on any atom is 1.00 e. The van der Waals surface area contributed by atoms with Gasteiger partial charge in [0.25, 0.3) is 0 Å².